The van der Waals surface area contributed by atoms with Gasteiger partial charge in [-0.15, -0.1) is 11.3 Å². The molecule has 0 bridgehead atoms. The van der Waals surface area contributed by atoms with Gasteiger partial charge in [0, 0.05) is 60.0 Å². The number of rotatable bonds is 3. The minimum atomic E-state index is 0.715. The molecule has 23 heavy (non-hydrogen) atoms. The number of hydrogen-bond donors (Lipinski definition) is 0. The van der Waals surface area contributed by atoms with Crippen LogP contribution in [0.2, 0.25) is 0 Å². The van der Waals surface area contributed by atoms with Crippen LogP contribution in [0, 0.1) is 6.92 Å². The Bertz CT molecular complexity index is 815. The van der Waals surface area contributed by atoms with E-state index in [-0.39, 0.29) is 0 Å². The zero-order valence-electron chi connectivity index (χ0n) is 12.9. The Morgan fingerprint density at radius 2 is 2.04 bits per heavy atom. The first-order valence-corrected chi connectivity index (χ1v) is 8.47. The molecule has 0 saturated heterocycles. The average Bonchev–Trinajstić information content (AvgIpc) is 3.00. The third-order valence-electron chi connectivity index (χ3n) is 4.01. The summed E-state index contributed by atoms with van der Waals surface area (Å²) in [5.74, 6) is 0.715. The van der Waals surface area contributed by atoms with Gasteiger partial charge in [0.1, 0.15) is 6.33 Å². The smallest absolute Gasteiger partial charge is 0.162 e. The first-order valence-electron chi connectivity index (χ1n) is 7.66. The Balaban J connectivity index is 1.52. The second-order valence-electron chi connectivity index (χ2n) is 5.77. The molecular weight excluding hydrogens is 306 g/mol. The van der Waals surface area contributed by atoms with Gasteiger partial charge in [0.15, 0.2) is 5.82 Å². The maximum atomic E-state index is 4.71. The van der Waals surface area contributed by atoms with Crippen molar-refractivity contribution in [1.82, 2.24) is 24.8 Å². The van der Waals surface area contributed by atoms with Crippen LogP contribution in [-0.2, 0) is 19.5 Å². The molecule has 6 heteroatoms. The van der Waals surface area contributed by atoms with E-state index in [2.05, 4.69) is 38.9 Å². The number of thiophene rings is 1. The number of aromatic nitrogens is 4. The molecule has 0 unspecified atom stereocenters. The second kappa shape index (κ2) is 6.14. The first kappa shape index (κ1) is 14.4. The van der Waals surface area contributed by atoms with E-state index in [1.807, 2.05) is 17.5 Å². The van der Waals surface area contributed by atoms with Crippen molar-refractivity contribution in [2.24, 2.45) is 0 Å². The van der Waals surface area contributed by atoms with Gasteiger partial charge in [-0.05, 0) is 19.1 Å². The molecule has 1 aliphatic rings. The van der Waals surface area contributed by atoms with Gasteiger partial charge in [0.05, 0.1) is 11.3 Å². The summed E-state index contributed by atoms with van der Waals surface area (Å²) in [7, 11) is 0. The molecule has 0 radical (unpaired) electrons. The Kier molecular flexibility index (Phi) is 3.85. The predicted octanol–water partition coefficient (Wildman–Crippen LogP) is 2.86. The summed E-state index contributed by atoms with van der Waals surface area (Å²) in [5, 5.41) is 0. The van der Waals surface area contributed by atoms with Crippen LogP contribution in [0.5, 0.6) is 0 Å². The predicted molar refractivity (Wildman–Crippen MR) is 89.9 cm³/mol. The van der Waals surface area contributed by atoms with Crippen molar-refractivity contribution in [3.05, 3.63) is 58.1 Å². The fourth-order valence-electron chi connectivity index (χ4n) is 2.85. The van der Waals surface area contributed by atoms with E-state index in [1.165, 1.54) is 21.6 Å². The molecule has 0 atom stereocenters. The van der Waals surface area contributed by atoms with Crippen molar-refractivity contribution in [3.63, 3.8) is 0 Å². The van der Waals surface area contributed by atoms with Crippen molar-refractivity contribution >= 4 is 11.3 Å². The zero-order chi connectivity index (χ0) is 15.6. The molecule has 4 rings (SSSR count). The van der Waals surface area contributed by atoms with Gasteiger partial charge in [0.2, 0.25) is 0 Å². The van der Waals surface area contributed by atoms with Gasteiger partial charge >= 0.3 is 0 Å². The molecule has 5 nitrogen and oxygen atoms in total. The third-order valence-corrected chi connectivity index (χ3v) is 4.99. The molecule has 0 saturated carbocycles. The monoisotopic (exact) mass is 323 g/mol. The lowest BCUT2D eigenvalue weighted by atomic mass is 10.1. The lowest BCUT2D eigenvalue weighted by Crippen LogP contribution is -2.30. The van der Waals surface area contributed by atoms with Crippen molar-refractivity contribution in [2.45, 2.75) is 26.4 Å². The zero-order valence-corrected chi connectivity index (χ0v) is 13.8. The molecule has 0 N–H and O–H groups in total. The number of hydrogen-bond acceptors (Lipinski definition) is 6. The Labute approximate surface area is 139 Å². The minimum Gasteiger partial charge on any atom is -0.293 e. The van der Waals surface area contributed by atoms with E-state index in [1.54, 1.807) is 12.4 Å². The van der Waals surface area contributed by atoms with Crippen LogP contribution in [0.1, 0.15) is 21.0 Å². The molecule has 0 aliphatic carbocycles. The highest BCUT2D eigenvalue weighted by atomic mass is 32.1. The fraction of sp³-hybridized carbons (Fsp3) is 0.294. The van der Waals surface area contributed by atoms with Crippen LogP contribution in [-0.4, -0.2) is 31.4 Å². The molecule has 3 aromatic heterocycles. The van der Waals surface area contributed by atoms with Crippen LogP contribution in [0.15, 0.2) is 37.1 Å². The van der Waals surface area contributed by atoms with Gasteiger partial charge in [-0.2, -0.15) is 0 Å². The molecule has 0 aromatic carbocycles. The number of aryl methyl sites for hydroxylation is 1. The van der Waals surface area contributed by atoms with Crippen molar-refractivity contribution in [3.8, 4) is 11.4 Å². The van der Waals surface area contributed by atoms with E-state index >= 15 is 0 Å². The summed E-state index contributed by atoms with van der Waals surface area (Å²) < 4.78 is 0. The third kappa shape index (κ3) is 3.13. The lowest BCUT2D eigenvalue weighted by Gasteiger charge is -2.27. The molecule has 0 fully saturated rings. The van der Waals surface area contributed by atoms with Crippen LogP contribution in [0.4, 0.5) is 0 Å². The second-order valence-corrected chi connectivity index (χ2v) is 7.14. The Morgan fingerprint density at radius 3 is 2.83 bits per heavy atom. The van der Waals surface area contributed by atoms with Crippen molar-refractivity contribution < 1.29 is 0 Å². The molecule has 116 valence electrons. The highest BCUT2D eigenvalue weighted by molar-refractivity contribution is 7.11. The highest BCUT2D eigenvalue weighted by Gasteiger charge is 2.19. The normalized spacial score (nSPS) is 14.7. The van der Waals surface area contributed by atoms with Crippen molar-refractivity contribution in [2.75, 3.05) is 6.54 Å². The molecule has 3 aromatic rings. The Hall–Kier alpha value is -2.18. The van der Waals surface area contributed by atoms with Crippen molar-refractivity contribution in [1.29, 1.82) is 0 Å². The fourth-order valence-corrected chi connectivity index (χ4v) is 3.79. The number of fused-ring (bicyclic) bond motifs is 1. The summed E-state index contributed by atoms with van der Waals surface area (Å²) >= 11 is 1.88. The van der Waals surface area contributed by atoms with E-state index in [9.17, 15) is 0 Å². The average molecular weight is 323 g/mol. The van der Waals surface area contributed by atoms with Crippen LogP contribution in [0.3, 0.4) is 0 Å². The van der Waals surface area contributed by atoms with Gasteiger partial charge in [-0.25, -0.2) is 19.9 Å². The molecular formula is C17H17N5S. The molecule has 0 spiro atoms. The maximum Gasteiger partial charge on any atom is 0.162 e. The van der Waals surface area contributed by atoms with E-state index in [0.29, 0.717) is 5.82 Å². The maximum absolute atomic E-state index is 4.71. The Morgan fingerprint density at radius 1 is 1.17 bits per heavy atom. The van der Waals surface area contributed by atoms with E-state index < -0.39 is 0 Å². The minimum absolute atomic E-state index is 0.715. The van der Waals surface area contributed by atoms with Gasteiger partial charge in [-0.1, -0.05) is 0 Å². The van der Waals surface area contributed by atoms with Crippen LogP contribution >= 0.6 is 11.3 Å². The topological polar surface area (TPSA) is 54.8 Å². The van der Waals surface area contributed by atoms with Gasteiger partial charge in [-0.3, -0.25) is 4.90 Å². The lowest BCUT2D eigenvalue weighted by molar-refractivity contribution is 0.245. The molecule has 0 amide bonds. The summed E-state index contributed by atoms with van der Waals surface area (Å²) in [6.45, 7) is 5.11. The summed E-state index contributed by atoms with van der Waals surface area (Å²) in [6.07, 6.45) is 7.94. The van der Waals surface area contributed by atoms with E-state index in [0.717, 1.165) is 37.3 Å². The summed E-state index contributed by atoms with van der Waals surface area (Å²) in [5.41, 5.74) is 3.24. The van der Waals surface area contributed by atoms with Gasteiger partial charge < -0.3 is 0 Å². The van der Waals surface area contributed by atoms with E-state index in [4.69, 9.17) is 4.98 Å². The standard InChI is InChI=1S/C17H17N5S/c1-12-2-3-15(23-12)10-22-5-4-16-14(9-22)8-20-17(21-16)13-6-18-11-19-7-13/h2-3,6-8,11H,4-5,9-10H2,1H3. The largest absolute Gasteiger partial charge is 0.293 e. The van der Waals surface area contributed by atoms with Crippen LogP contribution in [0.25, 0.3) is 11.4 Å². The molecule has 4 heterocycles. The summed E-state index contributed by atoms with van der Waals surface area (Å²) in [6, 6.07) is 4.42. The SMILES string of the molecule is Cc1ccc(CN2CCc3nc(-c4cncnc4)ncc3C2)s1. The molecule has 1 aliphatic heterocycles. The highest BCUT2D eigenvalue weighted by Crippen LogP contribution is 2.23. The van der Waals surface area contributed by atoms with Gasteiger partial charge in [0.25, 0.3) is 0 Å². The summed E-state index contributed by atoms with van der Waals surface area (Å²) in [4.78, 5) is 22.5. The van der Waals surface area contributed by atoms with Crippen LogP contribution < -0.4 is 0 Å². The first-order chi connectivity index (χ1) is 11.3. The number of nitrogens with zero attached hydrogens (tertiary/aromatic N) is 5. The quantitative estimate of drug-likeness (QED) is 0.742.